The van der Waals surface area contributed by atoms with Crippen LogP contribution in [0.15, 0.2) is 0 Å². The van der Waals surface area contributed by atoms with Gasteiger partial charge < -0.3 is 15.7 Å². The molecule has 1 amide bonds. The van der Waals surface area contributed by atoms with E-state index in [1.165, 1.54) is 0 Å². The highest BCUT2D eigenvalue weighted by atomic mass is 16.4. The zero-order chi connectivity index (χ0) is 13.0. The van der Waals surface area contributed by atoms with E-state index in [0.717, 1.165) is 0 Å². The second-order valence-electron chi connectivity index (χ2n) is 5.17. The number of nitrogens with two attached hydrogens (primary N) is 1. The zero-order valence-electron chi connectivity index (χ0n) is 10.6. The number of hydrogen-bond donors (Lipinski definition) is 2. The summed E-state index contributed by atoms with van der Waals surface area (Å²) >= 11 is 0. The largest absolute Gasteiger partial charge is 0.481 e. The Bertz CT molecular complexity index is 283. The highest BCUT2D eigenvalue weighted by molar-refractivity contribution is 5.82. The SMILES string of the molecule is CC(C)C[C@H](N)C(=O)N1CCC(C(=O)O)CC1. The maximum Gasteiger partial charge on any atom is 0.306 e. The first-order valence-electron chi connectivity index (χ1n) is 6.19. The molecule has 98 valence electrons. The number of carbonyl (C=O) groups excluding carboxylic acids is 1. The summed E-state index contributed by atoms with van der Waals surface area (Å²) in [5, 5.41) is 8.86. The van der Waals surface area contributed by atoms with E-state index in [1.807, 2.05) is 13.8 Å². The van der Waals surface area contributed by atoms with Gasteiger partial charge in [0.2, 0.25) is 5.91 Å². The molecule has 5 nitrogen and oxygen atoms in total. The first-order chi connectivity index (χ1) is 7.91. The zero-order valence-corrected chi connectivity index (χ0v) is 10.6. The minimum absolute atomic E-state index is 0.0393. The molecular weight excluding hydrogens is 220 g/mol. The van der Waals surface area contributed by atoms with Gasteiger partial charge in [-0.15, -0.1) is 0 Å². The number of nitrogens with zero attached hydrogens (tertiary/aromatic N) is 1. The van der Waals surface area contributed by atoms with E-state index in [2.05, 4.69) is 0 Å². The van der Waals surface area contributed by atoms with Crippen LogP contribution in [0.1, 0.15) is 33.1 Å². The third-order valence-corrected chi connectivity index (χ3v) is 3.20. The summed E-state index contributed by atoms with van der Waals surface area (Å²) in [7, 11) is 0. The number of carboxylic acid groups (broad SMARTS) is 1. The van der Waals surface area contributed by atoms with Crippen LogP contribution in [-0.4, -0.2) is 41.0 Å². The molecule has 3 N–H and O–H groups in total. The van der Waals surface area contributed by atoms with Crippen LogP contribution in [0.25, 0.3) is 0 Å². The molecule has 0 saturated carbocycles. The third kappa shape index (κ3) is 4.00. The number of carboxylic acids is 1. The average Bonchev–Trinajstić information content (AvgIpc) is 2.27. The monoisotopic (exact) mass is 242 g/mol. The van der Waals surface area contributed by atoms with Crippen molar-refractivity contribution in [3.63, 3.8) is 0 Å². The van der Waals surface area contributed by atoms with Crippen LogP contribution in [-0.2, 0) is 9.59 Å². The van der Waals surface area contributed by atoms with Gasteiger partial charge in [-0.3, -0.25) is 9.59 Å². The Balaban J connectivity index is 2.43. The minimum Gasteiger partial charge on any atom is -0.481 e. The normalized spacial score (nSPS) is 19.4. The molecule has 1 fully saturated rings. The third-order valence-electron chi connectivity index (χ3n) is 3.20. The van der Waals surface area contributed by atoms with Gasteiger partial charge in [0.05, 0.1) is 12.0 Å². The number of piperidine rings is 1. The molecular formula is C12H22N2O3. The van der Waals surface area contributed by atoms with E-state index in [-0.39, 0.29) is 11.8 Å². The molecule has 1 aliphatic rings. The molecule has 0 spiro atoms. The van der Waals surface area contributed by atoms with Crippen LogP contribution in [0.5, 0.6) is 0 Å². The lowest BCUT2D eigenvalue weighted by molar-refractivity contribution is -0.146. The van der Waals surface area contributed by atoms with Crippen molar-refractivity contribution in [2.24, 2.45) is 17.6 Å². The van der Waals surface area contributed by atoms with Crippen molar-refractivity contribution in [3.05, 3.63) is 0 Å². The minimum atomic E-state index is -0.761. The quantitative estimate of drug-likeness (QED) is 0.759. The Labute approximate surface area is 102 Å². The smallest absolute Gasteiger partial charge is 0.306 e. The lowest BCUT2D eigenvalue weighted by Crippen LogP contribution is -2.48. The molecule has 1 atom stereocenters. The van der Waals surface area contributed by atoms with Crippen LogP contribution in [0, 0.1) is 11.8 Å². The number of amides is 1. The van der Waals surface area contributed by atoms with Crippen molar-refractivity contribution in [2.75, 3.05) is 13.1 Å². The highest BCUT2D eigenvalue weighted by Gasteiger charge is 2.29. The summed E-state index contributed by atoms with van der Waals surface area (Å²) in [6.45, 7) is 5.09. The molecule has 0 bridgehead atoms. The fourth-order valence-corrected chi connectivity index (χ4v) is 2.19. The Morgan fingerprint density at radius 2 is 1.88 bits per heavy atom. The van der Waals surface area contributed by atoms with E-state index in [0.29, 0.717) is 38.3 Å². The molecule has 0 aromatic rings. The molecule has 0 aliphatic carbocycles. The lowest BCUT2D eigenvalue weighted by Gasteiger charge is -2.32. The summed E-state index contributed by atoms with van der Waals surface area (Å²) in [4.78, 5) is 24.4. The maximum absolute atomic E-state index is 12.0. The standard InChI is InChI=1S/C12H22N2O3/c1-8(2)7-10(13)11(15)14-5-3-9(4-6-14)12(16)17/h8-10H,3-7,13H2,1-2H3,(H,16,17)/t10-/m0/s1. The van der Waals surface area contributed by atoms with Crippen LogP contribution in [0.3, 0.4) is 0 Å². The molecule has 0 radical (unpaired) electrons. The van der Waals surface area contributed by atoms with Crippen LogP contribution in [0.4, 0.5) is 0 Å². The van der Waals surface area contributed by atoms with Gasteiger partial charge in [0.25, 0.3) is 0 Å². The van der Waals surface area contributed by atoms with Crippen molar-refractivity contribution in [3.8, 4) is 0 Å². The molecule has 0 unspecified atom stereocenters. The summed E-state index contributed by atoms with van der Waals surface area (Å²) in [5.74, 6) is -0.711. The van der Waals surface area contributed by atoms with E-state index < -0.39 is 12.0 Å². The number of aliphatic carboxylic acids is 1. The highest BCUT2D eigenvalue weighted by Crippen LogP contribution is 2.18. The lowest BCUT2D eigenvalue weighted by atomic mass is 9.96. The molecule has 1 heterocycles. The first-order valence-corrected chi connectivity index (χ1v) is 6.19. The molecule has 5 heteroatoms. The van der Waals surface area contributed by atoms with Gasteiger partial charge in [0, 0.05) is 13.1 Å². The Morgan fingerprint density at radius 3 is 2.29 bits per heavy atom. The van der Waals surface area contributed by atoms with E-state index in [4.69, 9.17) is 10.8 Å². The van der Waals surface area contributed by atoms with Crippen molar-refractivity contribution >= 4 is 11.9 Å². The van der Waals surface area contributed by atoms with Crippen LogP contribution < -0.4 is 5.73 Å². The summed E-state index contributed by atoms with van der Waals surface area (Å²) < 4.78 is 0. The number of hydrogen-bond acceptors (Lipinski definition) is 3. The predicted octanol–water partition coefficient (Wildman–Crippen LogP) is 0.683. The second-order valence-corrected chi connectivity index (χ2v) is 5.17. The molecule has 17 heavy (non-hydrogen) atoms. The van der Waals surface area contributed by atoms with E-state index >= 15 is 0 Å². The summed E-state index contributed by atoms with van der Waals surface area (Å²) in [6, 6.07) is -0.448. The van der Waals surface area contributed by atoms with Gasteiger partial charge in [-0.1, -0.05) is 13.8 Å². The molecule has 1 rings (SSSR count). The molecule has 1 saturated heterocycles. The topological polar surface area (TPSA) is 83.6 Å². The molecule has 0 aromatic heterocycles. The summed E-state index contributed by atoms with van der Waals surface area (Å²) in [5.41, 5.74) is 5.84. The van der Waals surface area contributed by atoms with Gasteiger partial charge in [0.1, 0.15) is 0 Å². The predicted molar refractivity (Wildman–Crippen MR) is 64.4 cm³/mol. The van der Waals surface area contributed by atoms with Crippen molar-refractivity contribution < 1.29 is 14.7 Å². The van der Waals surface area contributed by atoms with Crippen LogP contribution >= 0.6 is 0 Å². The average molecular weight is 242 g/mol. The number of rotatable bonds is 4. The van der Waals surface area contributed by atoms with Crippen molar-refractivity contribution in [1.82, 2.24) is 4.90 Å². The van der Waals surface area contributed by atoms with E-state index in [9.17, 15) is 9.59 Å². The second kappa shape index (κ2) is 6.00. The van der Waals surface area contributed by atoms with E-state index in [1.54, 1.807) is 4.90 Å². The fraction of sp³-hybridized carbons (Fsp3) is 0.833. The fourth-order valence-electron chi connectivity index (χ4n) is 2.19. The van der Waals surface area contributed by atoms with Crippen LogP contribution in [0.2, 0.25) is 0 Å². The maximum atomic E-state index is 12.0. The van der Waals surface area contributed by atoms with Crippen molar-refractivity contribution in [1.29, 1.82) is 0 Å². The molecule has 0 aromatic carbocycles. The first kappa shape index (κ1) is 14.0. The Kier molecular flexibility index (Phi) is 4.93. The van der Waals surface area contributed by atoms with Gasteiger partial charge in [-0.25, -0.2) is 0 Å². The number of likely N-dealkylation sites (tertiary alicyclic amines) is 1. The summed E-state index contributed by atoms with van der Waals surface area (Å²) in [6.07, 6.45) is 1.75. The Hall–Kier alpha value is -1.10. The molecule has 1 aliphatic heterocycles. The Morgan fingerprint density at radius 1 is 1.35 bits per heavy atom. The van der Waals surface area contributed by atoms with Gasteiger partial charge in [-0.05, 0) is 25.2 Å². The van der Waals surface area contributed by atoms with Gasteiger partial charge >= 0.3 is 5.97 Å². The van der Waals surface area contributed by atoms with Crippen molar-refractivity contribution in [2.45, 2.75) is 39.2 Å². The van der Waals surface area contributed by atoms with Gasteiger partial charge in [0.15, 0.2) is 0 Å². The van der Waals surface area contributed by atoms with Gasteiger partial charge in [-0.2, -0.15) is 0 Å². The number of carbonyl (C=O) groups is 2.